The molecule has 0 N–H and O–H groups in total. The van der Waals surface area contributed by atoms with Gasteiger partial charge in [-0.15, -0.1) is 0 Å². The van der Waals surface area contributed by atoms with Crippen molar-refractivity contribution in [1.29, 1.82) is 0 Å². The third-order valence-electron chi connectivity index (χ3n) is 14.0. The smallest absolute Gasteiger partial charge is 0.306 e. The Labute approximate surface area is 453 Å². The molecule has 0 spiro atoms. The van der Waals surface area contributed by atoms with Crippen LogP contribution < -0.4 is 0 Å². The van der Waals surface area contributed by atoms with Gasteiger partial charge in [0.2, 0.25) is 0 Å². The first-order valence-electron chi connectivity index (χ1n) is 31.8. The fraction of sp³-hybridized carbons (Fsp3) is 0.806. The highest BCUT2D eigenvalue weighted by atomic mass is 16.6. The molecule has 0 aromatic carbocycles. The Morgan fingerprint density at radius 3 is 0.836 bits per heavy atom. The third-order valence-corrected chi connectivity index (χ3v) is 14.0. The molecule has 0 aliphatic heterocycles. The second-order valence-corrected chi connectivity index (χ2v) is 21.3. The maximum Gasteiger partial charge on any atom is 0.306 e. The number of esters is 3. The Balaban J connectivity index is 4.12. The number of ether oxygens (including phenoxy) is 3. The standard InChI is InChI=1S/C67H120O6/c1-4-7-10-13-16-18-20-22-24-26-28-30-32-33-35-36-38-40-42-44-46-48-51-54-57-60-66(69)72-63-64(62-71-65(68)59-56-53-50-15-12-9-6-3)73-67(70)61-58-55-52-49-47-45-43-41-39-37-34-31-29-27-25-23-21-19-17-14-11-8-5-2/h7,10,16,18,22,24,28,30,33,35,64H,4-6,8-9,11-15,17,19-21,23,25-27,29,31-32,34,36-63H2,1-3H3/b10-7-,18-16-,24-22-,30-28-,35-33-. The quantitative estimate of drug-likeness (QED) is 0.0261. The van der Waals surface area contributed by atoms with Gasteiger partial charge in [0.25, 0.3) is 0 Å². The number of allylic oxidation sites excluding steroid dienone is 10. The molecule has 0 aromatic rings. The third kappa shape index (κ3) is 59.9. The summed E-state index contributed by atoms with van der Waals surface area (Å²) in [6, 6.07) is 0. The summed E-state index contributed by atoms with van der Waals surface area (Å²) in [7, 11) is 0. The van der Waals surface area contributed by atoms with Crippen LogP contribution in [0.4, 0.5) is 0 Å². The number of rotatable bonds is 58. The highest BCUT2D eigenvalue weighted by molar-refractivity contribution is 5.71. The number of hydrogen-bond donors (Lipinski definition) is 0. The molecule has 0 aliphatic rings. The van der Waals surface area contributed by atoms with E-state index in [2.05, 4.69) is 81.5 Å². The molecule has 1 unspecified atom stereocenters. The van der Waals surface area contributed by atoms with Crippen molar-refractivity contribution < 1.29 is 28.6 Å². The van der Waals surface area contributed by atoms with Crippen LogP contribution in [0.15, 0.2) is 60.8 Å². The van der Waals surface area contributed by atoms with Crippen LogP contribution in [0.1, 0.15) is 329 Å². The van der Waals surface area contributed by atoms with Crippen molar-refractivity contribution in [1.82, 2.24) is 0 Å². The monoisotopic (exact) mass is 1020 g/mol. The van der Waals surface area contributed by atoms with Crippen molar-refractivity contribution >= 4 is 17.9 Å². The van der Waals surface area contributed by atoms with Crippen molar-refractivity contribution in [3.63, 3.8) is 0 Å². The van der Waals surface area contributed by atoms with E-state index in [1.165, 1.54) is 193 Å². The van der Waals surface area contributed by atoms with Crippen molar-refractivity contribution in [2.24, 2.45) is 0 Å². The van der Waals surface area contributed by atoms with E-state index >= 15 is 0 Å². The second-order valence-electron chi connectivity index (χ2n) is 21.3. The zero-order valence-corrected chi connectivity index (χ0v) is 48.7. The van der Waals surface area contributed by atoms with Gasteiger partial charge in [-0.25, -0.2) is 0 Å². The van der Waals surface area contributed by atoms with E-state index in [4.69, 9.17) is 14.2 Å². The minimum Gasteiger partial charge on any atom is -0.462 e. The minimum atomic E-state index is -0.772. The van der Waals surface area contributed by atoms with Gasteiger partial charge >= 0.3 is 17.9 Å². The Hall–Kier alpha value is -2.89. The molecular formula is C67H120O6. The van der Waals surface area contributed by atoms with Crippen LogP contribution in [0.2, 0.25) is 0 Å². The van der Waals surface area contributed by atoms with Crippen LogP contribution in [0.3, 0.4) is 0 Å². The van der Waals surface area contributed by atoms with Crippen LogP contribution in [0, 0.1) is 0 Å². The molecule has 0 bridgehead atoms. The normalized spacial score (nSPS) is 12.4. The Bertz CT molecular complexity index is 1310. The summed E-state index contributed by atoms with van der Waals surface area (Å²) in [5, 5.41) is 0. The van der Waals surface area contributed by atoms with Gasteiger partial charge in [-0.1, -0.05) is 306 Å². The summed E-state index contributed by atoms with van der Waals surface area (Å²) in [6.07, 6.45) is 78.3. The highest BCUT2D eigenvalue weighted by Gasteiger charge is 2.19. The molecule has 6 heteroatoms. The van der Waals surface area contributed by atoms with E-state index in [9.17, 15) is 14.4 Å². The van der Waals surface area contributed by atoms with Crippen molar-refractivity contribution in [2.75, 3.05) is 13.2 Å². The summed E-state index contributed by atoms with van der Waals surface area (Å²) >= 11 is 0. The van der Waals surface area contributed by atoms with E-state index in [1.807, 2.05) is 0 Å². The molecule has 0 aliphatic carbocycles. The molecule has 1 atom stereocenters. The topological polar surface area (TPSA) is 78.9 Å². The van der Waals surface area contributed by atoms with E-state index in [1.54, 1.807) is 0 Å². The molecule has 0 fully saturated rings. The fourth-order valence-corrected chi connectivity index (χ4v) is 9.30. The molecule has 6 nitrogen and oxygen atoms in total. The molecule has 0 radical (unpaired) electrons. The predicted octanol–water partition coefficient (Wildman–Crippen LogP) is 21.6. The number of carbonyl (C=O) groups is 3. The zero-order valence-electron chi connectivity index (χ0n) is 48.7. The van der Waals surface area contributed by atoms with Crippen molar-refractivity contribution in [3.8, 4) is 0 Å². The maximum atomic E-state index is 12.9. The van der Waals surface area contributed by atoms with Crippen LogP contribution >= 0.6 is 0 Å². The van der Waals surface area contributed by atoms with Crippen molar-refractivity contribution in [2.45, 2.75) is 335 Å². The van der Waals surface area contributed by atoms with Crippen LogP contribution in [-0.2, 0) is 28.6 Å². The lowest BCUT2D eigenvalue weighted by molar-refractivity contribution is -0.167. The van der Waals surface area contributed by atoms with Crippen molar-refractivity contribution in [3.05, 3.63) is 60.8 Å². The van der Waals surface area contributed by atoms with Gasteiger partial charge in [-0.3, -0.25) is 14.4 Å². The second kappa shape index (κ2) is 61.7. The van der Waals surface area contributed by atoms with Crippen LogP contribution in [0.25, 0.3) is 0 Å². The first kappa shape index (κ1) is 70.1. The summed E-state index contributed by atoms with van der Waals surface area (Å²) in [6.45, 7) is 6.53. The average molecular weight is 1020 g/mol. The van der Waals surface area contributed by atoms with E-state index in [-0.39, 0.29) is 31.1 Å². The molecule has 424 valence electrons. The van der Waals surface area contributed by atoms with Gasteiger partial charge in [0, 0.05) is 19.3 Å². The lowest BCUT2D eigenvalue weighted by Crippen LogP contribution is -2.30. The lowest BCUT2D eigenvalue weighted by atomic mass is 10.0. The predicted molar refractivity (Wildman–Crippen MR) is 316 cm³/mol. The van der Waals surface area contributed by atoms with Gasteiger partial charge in [0.15, 0.2) is 6.10 Å². The minimum absolute atomic E-state index is 0.0723. The first-order valence-corrected chi connectivity index (χ1v) is 31.8. The molecule has 0 aromatic heterocycles. The number of unbranched alkanes of at least 4 members (excludes halogenated alkanes) is 37. The summed E-state index contributed by atoms with van der Waals surface area (Å²) < 4.78 is 16.8. The molecule has 0 saturated heterocycles. The molecular weight excluding hydrogens is 901 g/mol. The van der Waals surface area contributed by atoms with E-state index in [0.29, 0.717) is 19.3 Å². The Kier molecular flexibility index (Phi) is 59.2. The maximum absolute atomic E-state index is 12.9. The summed E-state index contributed by atoms with van der Waals surface area (Å²) in [4.78, 5) is 38.1. The Morgan fingerprint density at radius 2 is 0.534 bits per heavy atom. The summed E-state index contributed by atoms with van der Waals surface area (Å²) in [5.41, 5.74) is 0. The molecule has 73 heavy (non-hydrogen) atoms. The van der Waals surface area contributed by atoms with E-state index < -0.39 is 6.10 Å². The van der Waals surface area contributed by atoms with Gasteiger partial charge in [-0.05, 0) is 64.2 Å². The molecule has 0 amide bonds. The highest BCUT2D eigenvalue weighted by Crippen LogP contribution is 2.17. The fourth-order valence-electron chi connectivity index (χ4n) is 9.30. The van der Waals surface area contributed by atoms with Crippen LogP contribution in [0.5, 0.6) is 0 Å². The van der Waals surface area contributed by atoms with Gasteiger partial charge in [0.05, 0.1) is 0 Å². The average Bonchev–Trinajstić information content (AvgIpc) is 3.39. The first-order chi connectivity index (χ1) is 36.0. The number of hydrogen-bond acceptors (Lipinski definition) is 6. The number of carbonyl (C=O) groups excluding carboxylic acids is 3. The van der Waals surface area contributed by atoms with Gasteiger partial charge in [-0.2, -0.15) is 0 Å². The molecule has 0 heterocycles. The largest absolute Gasteiger partial charge is 0.462 e. The van der Waals surface area contributed by atoms with Gasteiger partial charge < -0.3 is 14.2 Å². The zero-order chi connectivity index (χ0) is 52.9. The van der Waals surface area contributed by atoms with Gasteiger partial charge in [0.1, 0.15) is 13.2 Å². The Morgan fingerprint density at radius 1 is 0.288 bits per heavy atom. The SMILES string of the molecule is CC/C=C\C/C=C\C/C=C\C/C=C\C/C=C\CCCCCCCCCCCC(=O)OCC(COC(=O)CCCCCCCCC)OC(=O)CCCCCCCCCCCCCCCCCCCCCCCCC. The van der Waals surface area contributed by atoms with E-state index in [0.717, 1.165) is 96.3 Å². The van der Waals surface area contributed by atoms with Crippen LogP contribution in [-0.4, -0.2) is 37.2 Å². The summed E-state index contributed by atoms with van der Waals surface area (Å²) in [5.74, 6) is -0.868. The lowest BCUT2D eigenvalue weighted by Gasteiger charge is -2.18. The molecule has 0 rings (SSSR count). The molecule has 0 saturated carbocycles.